The largest absolute Gasteiger partial charge is 0.349 e. The van der Waals surface area contributed by atoms with Crippen LogP contribution in [0.4, 0.5) is 4.39 Å². The number of aromatic nitrogens is 4. The highest BCUT2D eigenvalue weighted by Crippen LogP contribution is 2.14. The standard InChI is InChI=1S/C24H29FN6O/c25-22-12-6-5-11-21(22)24(32)26-20-13-17-30(18-14-20)15-7-2-8-16-31-28-23(27-29-31)19-9-3-1-4-10-19/h1,3-6,9-12,20H,2,7-8,13-18H2,(H,26,32). The van der Waals surface area contributed by atoms with Crippen LogP contribution < -0.4 is 5.32 Å². The Kier molecular flexibility index (Phi) is 7.55. The van der Waals surface area contributed by atoms with Crippen LogP contribution in [0.2, 0.25) is 0 Å². The summed E-state index contributed by atoms with van der Waals surface area (Å²) in [5.74, 6) is -0.130. The number of aryl methyl sites for hydroxylation is 1. The van der Waals surface area contributed by atoms with Crippen LogP contribution in [0.1, 0.15) is 42.5 Å². The number of hydrogen-bond donors (Lipinski definition) is 1. The topological polar surface area (TPSA) is 75.9 Å². The number of nitrogens with one attached hydrogen (secondary N) is 1. The lowest BCUT2D eigenvalue weighted by molar-refractivity contribution is 0.0906. The number of carbonyl (C=O) groups excluding carboxylic acids is 1. The van der Waals surface area contributed by atoms with Crippen molar-refractivity contribution in [3.8, 4) is 11.4 Å². The maximum absolute atomic E-state index is 13.8. The monoisotopic (exact) mass is 436 g/mol. The number of unbranched alkanes of at least 4 members (excludes halogenated alkanes) is 2. The third-order valence-electron chi connectivity index (χ3n) is 5.86. The normalized spacial score (nSPS) is 15.0. The van der Waals surface area contributed by atoms with Crippen molar-refractivity contribution >= 4 is 5.91 Å². The Morgan fingerprint density at radius 3 is 2.47 bits per heavy atom. The molecule has 1 aromatic heterocycles. The molecule has 4 rings (SSSR count). The van der Waals surface area contributed by atoms with Crippen molar-refractivity contribution in [2.75, 3.05) is 19.6 Å². The van der Waals surface area contributed by atoms with E-state index in [1.54, 1.807) is 16.9 Å². The van der Waals surface area contributed by atoms with Gasteiger partial charge < -0.3 is 10.2 Å². The van der Waals surface area contributed by atoms with Gasteiger partial charge in [-0.05, 0) is 49.6 Å². The van der Waals surface area contributed by atoms with Crippen LogP contribution in [0.25, 0.3) is 11.4 Å². The number of amides is 1. The summed E-state index contributed by atoms with van der Waals surface area (Å²) < 4.78 is 13.8. The number of benzene rings is 2. The number of carbonyl (C=O) groups is 1. The third kappa shape index (κ3) is 5.97. The molecule has 1 saturated heterocycles. The molecule has 32 heavy (non-hydrogen) atoms. The van der Waals surface area contributed by atoms with E-state index in [0.717, 1.165) is 63.8 Å². The third-order valence-corrected chi connectivity index (χ3v) is 5.86. The fraction of sp³-hybridized carbons (Fsp3) is 0.417. The van der Waals surface area contributed by atoms with Gasteiger partial charge in [0.15, 0.2) is 0 Å². The van der Waals surface area contributed by atoms with E-state index in [0.29, 0.717) is 5.82 Å². The molecule has 2 heterocycles. The van der Waals surface area contributed by atoms with Gasteiger partial charge in [-0.3, -0.25) is 4.79 Å². The summed E-state index contributed by atoms with van der Waals surface area (Å²) >= 11 is 0. The zero-order valence-corrected chi connectivity index (χ0v) is 18.2. The molecule has 1 fully saturated rings. The molecule has 0 saturated carbocycles. The lowest BCUT2D eigenvalue weighted by Crippen LogP contribution is -2.45. The van der Waals surface area contributed by atoms with Gasteiger partial charge in [-0.2, -0.15) is 4.80 Å². The van der Waals surface area contributed by atoms with Crippen LogP contribution in [0.15, 0.2) is 54.6 Å². The molecule has 1 aliphatic rings. The second-order valence-corrected chi connectivity index (χ2v) is 8.20. The van der Waals surface area contributed by atoms with Crippen molar-refractivity contribution in [2.45, 2.75) is 44.7 Å². The summed E-state index contributed by atoms with van der Waals surface area (Å²) in [6.07, 6.45) is 5.02. The van der Waals surface area contributed by atoms with Crippen molar-refractivity contribution in [1.82, 2.24) is 30.4 Å². The molecule has 0 aliphatic carbocycles. The van der Waals surface area contributed by atoms with Crippen molar-refractivity contribution in [1.29, 1.82) is 0 Å². The molecule has 1 N–H and O–H groups in total. The summed E-state index contributed by atoms with van der Waals surface area (Å²) in [6.45, 7) is 3.72. The molecule has 0 radical (unpaired) electrons. The van der Waals surface area contributed by atoms with Crippen LogP contribution in [0, 0.1) is 5.82 Å². The van der Waals surface area contributed by atoms with Gasteiger partial charge in [0.2, 0.25) is 5.82 Å². The second-order valence-electron chi connectivity index (χ2n) is 8.20. The molecule has 1 aliphatic heterocycles. The highest BCUT2D eigenvalue weighted by molar-refractivity contribution is 5.94. The Hall–Kier alpha value is -3.13. The lowest BCUT2D eigenvalue weighted by atomic mass is 10.0. The van der Waals surface area contributed by atoms with E-state index < -0.39 is 5.82 Å². The van der Waals surface area contributed by atoms with E-state index in [4.69, 9.17) is 0 Å². The van der Waals surface area contributed by atoms with Gasteiger partial charge in [0.25, 0.3) is 5.91 Å². The van der Waals surface area contributed by atoms with Gasteiger partial charge in [0, 0.05) is 24.7 Å². The molecule has 168 valence electrons. The Morgan fingerprint density at radius 1 is 0.969 bits per heavy atom. The van der Waals surface area contributed by atoms with E-state index >= 15 is 0 Å². The molecule has 7 nitrogen and oxygen atoms in total. The molecular weight excluding hydrogens is 407 g/mol. The molecule has 0 bridgehead atoms. The van der Waals surface area contributed by atoms with E-state index in [1.165, 1.54) is 12.1 Å². The average molecular weight is 437 g/mol. The van der Waals surface area contributed by atoms with Gasteiger partial charge in [0.1, 0.15) is 5.82 Å². The first-order chi connectivity index (χ1) is 15.7. The minimum atomic E-state index is -0.472. The SMILES string of the molecule is O=C(NC1CCN(CCCCCn2nnc(-c3ccccc3)n2)CC1)c1ccccc1F. The van der Waals surface area contributed by atoms with Crippen LogP contribution >= 0.6 is 0 Å². The Bertz CT molecular complexity index is 1000. The molecule has 2 aromatic carbocycles. The maximum Gasteiger partial charge on any atom is 0.254 e. The Morgan fingerprint density at radius 2 is 1.69 bits per heavy atom. The fourth-order valence-corrected chi connectivity index (χ4v) is 4.02. The average Bonchev–Trinajstić information content (AvgIpc) is 3.30. The van der Waals surface area contributed by atoms with E-state index in [1.807, 2.05) is 30.3 Å². The van der Waals surface area contributed by atoms with Crippen LogP contribution in [-0.2, 0) is 6.54 Å². The Balaban J connectivity index is 1.10. The van der Waals surface area contributed by atoms with Gasteiger partial charge in [-0.15, -0.1) is 10.2 Å². The smallest absolute Gasteiger partial charge is 0.254 e. The lowest BCUT2D eigenvalue weighted by Gasteiger charge is -2.32. The van der Waals surface area contributed by atoms with Crippen molar-refractivity contribution in [3.63, 3.8) is 0 Å². The van der Waals surface area contributed by atoms with Crippen LogP contribution in [0.5, 0.6) is 0 Å². The van der Waals surface area contributed by atoms with Crippen molar-refractivity contribution in [2.24, 2.45) is 0 Å². The summed E-state index contributed by atoms with van der Waals surface area (Å²) in [7, 11) is 0. The summed E-state index contributed by atoms with van der Waals surface area (Å²) in [4.78, 5) is 16.4. The summed E-state index contributed by atoms with van der Waals surface area (Å²) in [6, 6.07) is 16.1. The fourth-order valence-electron chi connectivity index (χ4n) is 4.02. The van der Waals surface area contributed by atoms with Gasteiger partial charge >= 0.3 is 0 Å². The number of rotatable bonds is 9. The highest BCUT2D eigenvalue weighted by Gasteiger charge is 2.21. The number of piperidine rings is 1. The molecule has 0 atom stereocenters. The van der Waals surface area contributed by atoms with Crippen LogP contribution in [0.3, 0.4) is 0 Å². The number of likely N-dealkylation sites (tertiary alicyclic amines) is 1. The molecule has 0 unspecified atom stereocenters. The first-order valence-electron chi connectivity index (χ1n) is 11.3. The quantitative estimate of drug-likeness (QED) is 0.519. The zero-order chi connectivity index (χ0) is 22.2. The zero-order valence-electron chi connectivity index (χ0n) is 18.2. The second kappa shape index (κ2) is 10.9. The van der Waals surface area contributed by atoms with E-state index in [9.17, 15) is 9.18 Å². The van der Waals surface area contributed by atoms with Crippen LogP contribution in [-0.4, -0.2) is 56.7 Å². The van der Waals surface area contributed by atoms with Gasteiger partial charge in [0.05, 0.1) is 12.1 Å². The van der Waals surface area contributed by atoms with Crippen molar-refractivity contribution in [3.05, 3.63) is 66.0 Å². The number of halogens is 1. The first-order valence-corrected chi connectivity index (χ1v) is 11.3. The first kappa shape index (κ1) is 22.1. The predicted octanol–water partition coefficient (Wildman–Crippen LogP) is 3.54. The molecule has 0 spiro atoms. The maximum atomic E-state index is 13.8. The molecule has 8 heteroatoms. The van der Waals surface area contributed by atoms with Crippen molar-refractivity contribution < 1.29 is 9.18 Å². The van der Waals surface area contributed by atoms with E-state index in [-0.39, 0.29) is 17.5 Å². The predicted molar refractivity (Wildman–Crippen MR) is 120 cm³/mol. The summed E-state index contributed by atoms with van der Waals surface area (Å²) in [5, 5.41) is 15.7. The minimum absolute atomic E-state index is 0.107. The summed E-state index contributed by atoms with van der Waals surface area (Å²) in [5.41, 5.74) is 1.10. The minimum Gasteiger partial charge on any atom is -0.349 e. The number of tetrazole rings is 1. The number of hydrogen-bond acceptors (Lipinski definition) is 5. The van der Waals surface area contributed by atoms with E-state index in [2.05, 4.69) is 25.6 Å². The van der Waals surface area contributed by atoms with Gasteiger partial charge in [-0.1, -0.05) is 48.9 Å². The molecular formula is C24H29FN6O. The molecule has 3 aromatic rings. The molecule has 1 amide bonds. The number of nitrogens with zero attached hydrogens (tertiary/aromatic N) is 5. The Labute approximate surface area is 187 Å². The van der Waals surface area contributed by atoms with Gasteiger partial charge in [-0.25, -0.2) is 4.39 Å². The highest BCUT2D eigenvalue weighted by atomic mass is 19.1.